The largest absolute Gasteiger partial charge is 0.326 e. The number of hydrogen-bond donors (Lipinski definition) is 1. The molecule has 0 amide bonds. The fourth-order valence-corrected chi connectivity index (χ4v) is 1.52. The Morgan fingerprint density at radius 3 is 2.60 bits per heavy atom. The van der Waals surface area contributed by atoms with Crippen LogP contribution in [0.1, 0.15) is 5.56 Å². The van der Waals surface area contributed by atoms with E-state index in [1.54, 1.807) is 6.07 Å². The van der Waals surface area contributed by atoms with Crippen molar-refractivity contribution in [2.75, 3.05) is 20.6 Å². The molecule has 15 heavy (non-hydrogen) atoms. The van der Waals surface area contributed by atoms with Gasteiger partial charge in [-0.1, -0.05) is 12.1 Å². The maximum Gasteiger partial charge on any atom is 0.162 e. The molecule has 1 aromatic rings. The first kappa shape index (κ1) is 12.1. The summed E-state index contributed by atoms with van der Waals surface area (Å²) < 4.78 is 26.1. The summed E-state index contributed by atoms with van der Waals surface area (Å²) in [5.41, 5.74) is 6.13. The minimum absolute atomic E-state index is 0.184. The number of rotatable bonds is 4. The molecule has 0 aromatic heterocycles. The van der Waals surface area contributed by atoms with E-state index in [9.17, 15) is 8.78 Å². The first-order valence-electron chi connectivity index (χ1n) is 4.84. The first-order valence-corrected chi connectivity index (χ1v) is 4.84. The van der Waals surface area contributed by atoms with Gasteiger partial charge in [0.2, 0.25) is 0 Å². The van der Waals surface area contributed by atoms with Crippen molar-refractivity contribution in [2.24, 2.45) is 5.73 Å². The number of likely N-dealkylation sites (N-methyl/N-ethyl adjacent to an activating group) is 1. The zero-order valence-electron chi connectivity index (χ0n) is 9.00. The molecule has 0 aliphatic carbocycles. The number of benzene rings is 1. The molecule has 0 aliphatic rings. The SMILES string of the molecule is CN(C)CC(N)Cc1cccc(F)c1F. The van der Waals surface area contributed by atoms with Gasteiger partial charge in [0.1, 0.15) is 0 Å². The average Bonchev–Trinajstić information content (AvgIpc) is 2.11. The molecule has 0 saturated carbocycles. The summed E-state index contributed by atoms with van der Waals surface area (Å²) in [5.74, 6) is -1.60. The minimum atomic E-state index is -0.815. The molecule has 0 spiro atoms. The van der Waals surface area contributed by atoms with Crippen LogP contribution in [0, 0.1) is 11.6 Å². The molecule has 0 saturated heterocycles. The van der Waals surface area contributed by atoms with Crippen molar-refractivity contribution in [2.45, 2.75) is 12.5 Å². The summed E-state index contributed by atoms with van der Waals surface area (Å²) in [6, 6.07) is 3.98. The molecule has 0 bridgehead atoms. The fourth-order valence-electron chi connectivity index (χ4n) is 1.52. The van der Waals surface area contributed by atoms with Gasteiger partial charge in [-0.15, -0.1) is 0 Å². The zero-order chi connectivity index (χ0) is 11.4. The lowest BCUT2D eigenvalue weighted by atomic mass is 10.1. The Balaban J connectivity index is 2.68. The molecule has 1 rings (SSSR count). The molecule has 84 valence electrons. The molecule has 1 unspecified atom stereocenters. The third kappa shape index (κ3) is 3.57. The lowest BCUT2D eigenvalue weighted by Gasteiger charge is -2.17. The standard InChI is InChI=1S/C11H16F2N2/c1-15(2)7-9(14)6-8-4-3-5-10(12)11(8)13/h3-5,9H,6-7,14H2,1-2H3. The van der Waals surface area contributed by atoms with Crippen molar-refractivity contribution >= 4 is 0 Å². The minimum Gasteiger partial charge on any atom is -0.326 e. The molecular formula is C11H16F2N2. The van der Waals surface area contributed by atoms with Crippen LogP contribution in [-0.2, 0) is 6.42 Å². The number of halogens is 2. The van der Waals surface area contributed by atoms with Crippen LogP contribution >= 0.6 is 0 Å². The third-order valence-corrected chi connectivity index (χ3v) is 2.11. The predicted octanol–water partition coefficient (Wildman–Crippen LogP) is 1.40. The van der Waals surface area contributed by atoms with Crippen molar-refractivity contribution in [3.63, 3.8) is 0 Å². The van der Waals surface area contributed by atoms with Crippen molar-refractivity contribution in [1.82, 2.24) is 4.90 Å². The van der Waals surface area contributed by atoms with Crippen LogP contribution in [0.4, 0.5) is 8.78 Å². The monoisotopic (exact) mass is 214 g/mol. The highest BCUT2D eigenvalue weighted by Crippen LogP contribution is 2.12. The van der Waals surface area contributed by atoms with Crippen LogP contribution < -0.4 is 5.73 Å². The van der Waals surface area contributed by atoms with Crippen molar-refractivity contribution < 1.29 is 8.78 Å². The van der Waals surface area contributed by atoms with E-state index < -0.39 is 11.6 Å². The van der Waals surface area contributed by atoms with E-state index in [-0.39, 0.29) is 6.04 Å². The van der Waals surface area contributed by atoms with E-state index in [0.717, 1.165) is 6.07 Å². The van der Waals surface area contributed by atoms with Crippen molar-refractivity contribution in [3.05, 3.63) is 35.4 Å². The van der Waals surface area contributed by atoms with Gasteiger partial charge in [-0.3, -0.25) is 0 Å². The molecule has 0 fully saturated rings. The molecule has 2 N–H and O–H groups in total. The Bertz CT molecular complexity index is 326. The highest BCUT2D eigenvalue weighted by Gasteiger charge is 2.11. The summed E-state index contributed by atoms with van der Waals surface area (Å²) in [5, 5.41) is 0. The van der Waals surface area contributed by atoms with Crippen LogP contribution in [0.25, 0.3) is 0 Å². The van der Waals surface area contributed by atoms with Gasteiger partial charge in [0, 0.05) is 12.6 Å². The second-order valence-electron chi connectivity index (χ2n) is 3.94. The van der Waals surface area contributed by atoms with Gasteiger partial charge in [-0.2, -0.15) is 0 Å². The van der Waals surface area contributed by atoms with Gasteiger partial charge >= 0.3 is 0 Å². The molecule has 2 nitrogen and oxygen atoms in total. The number of nitrogens with zero attached hydrogens (tertiary/aromatic N) is 1. The Kier molecular flexibility index (Phi) is 4.17. The van der Waals surface area contributed by atoms with Crippen LogP contribution in [-0.4, -0.2) is 31.6 Å². The Labute approximate surface area is 88.7 Å². The normalized spacial score (nSPS) is 13.2. The Hall–Kier alpha value is -1.00. The van der Waals surface area contributed by atoms with Crippen LogP contribution in [0.2, 0.25) is 0 Å². The zero-order valence-corrected chi connectivity index (χ0v) is 9.00. The van der Waals surface area contributed by atoms with Gasteiger partial charge in [0.05, 0.1) is 0 Å². The molecule has 4 heteroatoms. The summed E-state index contributed by atoms with van der Waals surface area (Å²) in [6.07, 6.45) is 0.349. The van der Waals surface area contributed by atoms with Crippen molar-refractivity contribution in [1.29, 1.82) is 0 Å². The summed E-state index contributed by atoms with van der Waals surface area (Å²) in [4.78, 5) is 1.92. The van der Waals surface area contributed by atoms with E-state index in [1.165, 1.54) is 6.07 Å². The quantitative estimate of drug-likeness (QED) is 0.820. The smallest absolute Gasteiger partial charge is 0.162 e. The Morgan fingerprint density at radius 2 is 2.00 bits per heavy atom. The second kappa shape index (κ2) is 5.19. The van der Waals surface area contributed by atoms with Crippen LogP contribution in [0.5, 0.6) is 0 Å². The van der Waals surface area contributed by atoms with Gasteiger partial charge in [0.25, 0.3) is 0 Å². The van der Waals surface area contributed by atoms with Crippen LogP contribution in [0.3, 0.4) is 0 Å². The molecule has 0 radical (unpaired) electrons. The topological polar surface area (TPSA) is 29.3 Å². The molecule has 1 aromatic carbocycles. The Morgan fingerprint density at radius 1 is 1.33 bits per heavy atom. The molecule has 0 heterocycles. The first-order chi connectivity index (χ1) is 7.00. The van der Waals surface area contributed by atoms with Gasteiger partial charge < -0.3 is 10.6 Å². The number of nitrogens with two attached hydrogens (primary N) is 1. The van der Waals surface area contributed by atoms with Crippen molar-refractivity contribution in [3.8, 4) is 0 Å². The highest BCUT2D eigenvalue weighted by atomic mass is 19.2. The van der Waals surface area contributed by atoms with E-state index in [4.69, 9.17) is 5.73 Å². The maximum atomic E-state index is 13.3. The predicted molar refractivity (Wildman–Crippen MR) is 56.6 cm³/mol. The maximum absolute atomic E-state index is 13.3. The lowest BCUT2D eigenvalue weighted by molar-refractivity contribution is 0.368. The summed E-state index contributed by atoms with van der Waals surface area (Å²) in [6.45, 7) is 0.649. The average molecular weight is 214 g/mol. The molecule has 1 atom stereocenters. The highest BCUT2D eigenvalue weighted by molar-refractivity contribution is 5.19. The molecule has 0 aliphatic heterocycles. The lowest BCUT2D eigenvalue weighted by Crippen LogP contribution is -2.35. The third-order valence-electron chi connectivity index (χ3n) is 2.11. The van der Waals surface area contributed by atoms with E-state index in [2.05, 4.69) is 0 Å². The number of hydrogen-bond acceptors (Lipinski definition) is 2. The van der Waals surface area contributed by atoms with Crippen LogP contribution in [0.15, 0.2) is 18.2 Å². The summed E-state index contributed by atoms with van der Waals surface area (Å²) >= 11 is 0. The van der Waals surface area contributed by atoms with E-state index in [0.29, 0.717) is 18.5 Å². The second-order valence-corrected chi connectivity index (χ2v) is 3.94. The fraction of sp³-hybridized carbons (Fsp3) is 0.455. The van der Waals surface area contributed by atoms with Gasteiger partial charge in [-0.05, 0) is 32.1 Å². The van der Waals surface area contributed by atoms with E-state index >= 15 is 0 Å². The summed E-state index contributed by atoms with van der Waals surface area (Å²) in [7, 11) is 3.78. The van der Waals surface area contributed by atoms with Gasteiger partial charge in [-0.25, -0.2) is 8.78 Å². The van der Waals surface area contributed by atoms with Gasteiger partial charge in [0.15, 0.2) is 11.6 Å². The van der Waals surface area contributed by atoms with E-state index in [1.807, 2.05) is 19.0 Å². The molecular weight excluding hydrogens is 198 g/mol.